The third-order valence-corrected chi connectivity index (χ3v) is 6.85. The number of benzene rings is 1. The summed E-state index contributed by atoms with van der Waals surface area (Å²) in [4.78, 5) is 22.4. The van der Waals surface area contributed by atoms with Crippen molar-refractivity contribution in [3.05, 3.63) is 71.6 Å². The van der Waals surface area contributed by atoms with Crippen LogP contribution < -0.4 is 14.8 Å². The van der Waals surface area contributed by atoms with Gasteiger partial charge in [0.15, 0.2) is 11.5 Å². The van der Waals surface area contributed by atoms with E-state index < -0.39 is 0 Å². The first kappa shape index (κ1) is 18.9. The molecule has 1 N–H and O–H groups in total. The minimum absolute atomic E-state index is 0.0880. The summed E-state index contributed by atoms with van der Waals surface area (Å²) in [5.41, 5.74) is 2.21. The molecule has 1 aromatic rings. The highest BCUT2D eigenvalue weighted by molar-refractivity contribution is 8.27. The molecule has 1 saturated carbocycles. The van der Waals surface area contributed by atoms with E-state index in [1.807, 2.05) is 24.4 Å². The Kier molecular flexibility index (Phi) is 4.62. The molecule has 0 radical (unpaired) electrons. The molecule has 2 heterocycles. The van der Waals surface area contributed by atoms with Gasteiger partial charge in [-0.25, -0.2) is 0 Å². The average Bonchev–Trinajstić information content (AvgIpc) is 3.43. The lowest BCUT2D eigenvalue weighted by atomic mass is 10.1. The molecule has 2 unspecified atom stereocenters. The number of hydrogen-bond acceptors (Lipinski definition) is 6. The van der Waals surface area contributed by atoms with Gasteiger partial charge in [-0.15, -0.1) is 0 Å². The number of methoxy groups -OCH3 is 2. The van der Waals surface area contributed by atoms with Gasteiger partial charge in [0.05, 0.1) is 19.8 Å². The lowest BCUT2D eigenvalue weighted by Crippen LogP contribution is -2.22. The van der Waals surface area contributed by atoms with Crippen LogP contribution in [0.15, 0.2) is 76.0 Å². The third kappa shape index (κ3) is 3.10. The van der Waals surface area contributed by atoms with Crippen LogP contribution in [0.5, 0.6) is 11.5 Å². The van der Waals surface area contributed by atoms with Crippen molar-refractivity contribution in [3.63, 3.8) is 0 Å². The van der Waals surface area contributed by atoms with Gasteiger partial charge in [-0.2, -0.15) is 0 Å². The molecule has 7 heteroatoms. The van der Waals surface area contributed by atoms with Crippen molar-refractivity contribution in [1.82, 2.24) is 5.32 Å². The van der Waals surface area contributed by atoms with Crippen LogP contribution in [0.3, 0.4) is 0 Å². The fourth-order valence-electron chi connectivity index (χ4n) is 3.94. The Balaban J connectivity index is 1.31. The number of aliphatic imine (C=N–C) groups is 2. The number of hydrogen-bond donors (Lipinski definition) is 1. The van der Waals surface area contributed by atoms with E-state index >= 15 is 0 Å². The van der Waals surface area contributed by atoms with Crippen LogP contribution >= 0.6 is 11.8 Å². The Labute approximate surface area is 179 Å². The van der Waals surface area contributed by atoms with E-state index in [0.717, 1.165) is 27.8 Å². The summed E-state index contributed by atoms with van der Waals surface area (Å²) in [5.74, 6) is 1.19. The molecule has 1 aromatic carbocycles. The predicted molar refractivity (Wildman–Crippen MR) is 119 cm³/mol. The van der Waals surface area contributed by atoms with E-state index in [0.29, 0.717) is 29.4 Å². The molecule has 1 amide bonds. The predicted octanol–water partition coefficient (Wildman–Crippen LogP) is 4.03. The molecule has 30 heavy (non-hydrogen) atoms. The smallest absolute Gasteiger partial charge is 0.259 e. The first-order valence-corrected chi connectivity index (χ1v) is 10.6. The van der Waals surface area contributed by atoms with Crippen LogP contribution in [0.25, 0.3) is 0 Å². The molecule has 0 saturated heterocycles. The quantitative estimate of drug-likeness (QED) is 0.782. The number of nitrogens with zero attached hydrogens (tertiary/aromatic N) is 2. The van der Waals surface area contributed by atoms with E-state index in [2.05, 4.69) is 22.5 Å². The molecule has 1 spiro atoms. The molecule has 152 valence electrons. The van der Waals surface area contributed by atoms with Crippen molar-refractivity contribution >= 4 is 27.8 Å². The fourth-order valence-corrected chi connectivity index (χ4v) is 5.18. The summed E-state index contributed by atoms with van der Waals surface area (Å²) in [6.45, 7) is 0. The maximum atomic E-state index is 12.8. The molecule has 5 rings (SSSR count). The number of amides is 1. The van der Waals surface area contributed by atoms with Crippen LogP contribution in [0.4, 0.5) is 0 Å². The van der Waals surface area contributed by atoms with Crippen LogP contribution in [0, 0.1) is 5.92 Å². The minimum Gasteiger partial charge on any atom is -0.493 e. The van der Waals surface area contributed by atoms with Gasteiger partial charge in [0.1, 0.15) is 15.6 Å². The third-order valence-electron chi connectivity index (χ3n) is 5.65. The van der Waals surface area contributed by atoms with Gasteiger partial charge in [-0.3, -0.25) is 14.8 Å². The van der Waals surface area contributed by atoms with Crippen LogP contribution in [-0.4, -0.2) is 35.8 Å². The lowest BCUT2D eigenvalue weighted by molar-refractivity contribution is 0.0963. The van der Waals surface area contributed by atoms with E-state index in [1.165, 1.54) is 7.11 Å². The number of rotatable bonds is 5. The van der Waals surface area contributed by atoms with Crippen molar-refractivity contribution in [1.29, 1.82) is 0 Å². The Bertz CT molecular complexity index is 1110. The summed E-state index contributed by atoms with van der Waals surface area (Å²) >= 11 is 1.67. The maximum Gasteiger partial charge on any atom is 0.259 e. The van der Waals surface area contributed by atoms with Gasteiger partial charge in [0, 0.05) is 17.8 Å². The zero-order chi connectivity index (χ0) is 20.7. The minimum atomic E-state index is -0.246. The fraction of sp³-hybridized carbons (Fsp3) is 0.261. The Morgan fingerprint density at radius 3 is 3.00 bits per heavy atom. The zero-order valence-corrected chi connectivity index (χ0v) is 17.5. The maximum absolute atomic E-state index is 12.8. The van der Waals surface area contributed by atoms with Crippen molar-refractivity contribution in [2.45, 2.75) is 18.4 Å². The van der Waals surface area contributed by atoms with Crippen molar-refractivity contribution < 1.29 is 14.3 Å². The number of allylic oxidation sites excluding steroid dienone is 4. The normalized spacial score (nSPS) is 25.7. The Hall–Kier alpha value is -3.06. The van der Waals surface area contributed by atoms with E-state index in [4.69, 9.17) is 14.5 Å². The van der Waals surface area contributed by atoms with Crippen molar-refractivity contribution in [2.24, 2.45) is 15.9 Å². The monoisotopic (exact) mass is 419 g/mol. The molecular formula is C23H21N3O3S. The number of carbonyl (C=O) groups is 1. The standard InChI is InChI=1S/C23H21N3O3S/c1-28-18-8-4-7-17(19(18)29-2)20(27)25-16-6-3-5-14(9-10-16)21-26-23-13-15(23)11-12-24-22(23)30-21/h3-8,10-12,15H,9,13H2,1-2H3,(H,25,27). The lowest BCUT2D eigenvalue weighted by Gasteiger charge is -2.13. The zero-order valence-electron chi connectivity index (χ0n) is 16.7. The van der Waals surface area contributed by atoms with E-state index in [1.54, 1.807) is 37.1 Å². The highest BCUT2D eigenvalue weighted by Crippen LogP contribution is 2.57. The van der Waals surface area contributed by atoms with Crippen LogP contribution in [0.2, 0.25) is 0 Å². The second-order valence-corrected chi connectivity index (χ2v) is 8.42. The van der Waals surface area contributed by atoms with Crippen molar-refractivity contribution in [2.75, 3.05) is 14.2 Å². The molecule has 1 fully saturated rings. The second kappa shape index (κ2) is 7.32. The van der Waals surface area contributed by atoms with Gasteiger partial charge in [0.2, 0.25) is 0 Å². The van der Waals surface area contributed by atoms with Gasteiger partial charge < -0.3 is 14.8 Å². The van der Waals surface area contributed by atoms with Crippen molar-refractivity contribution in [3.8, 4) is 11.5 Å². The number of thioether (sulfide) groups is 1. The van der Waals surface area contributed by atoms with Gasteiger partial charge in [-0.1, -0.05) is 42.1 Å². The summed E-state index contributed by atoms with van der Waals surface area (Å²) < 4.78 is 10.7. The van der Waals surface area contributed by atoms with E-state index in [9.17, 15) is 4.79 Å². The summed E-state index contributed by atoms with van der Waals surface area (Å²) in [7, 11) is 3.07. The summed E-state index contributed by atoms with van der Waals surface area (Å²) in [5, 5.41) is 5.11. The number of carbonyl (C=O) groups excluding carboxylic acids is 1. The first-order valence-electron chi connectivity index (χ1n) is 9.77. The number of ether oxygens (including phenoxy) is 2. The largest absolute Gasteiger partial charge is 0.493 e. The Morgan fingerprint density at radius 2 is 2.20 bits per heavy atom. The highest BCUT2D eigenvalue weighted by Gasteiger charge is 2.61. The van der Waals surface area contributed by atoms with Gasteiger partial charge in [0.25, 0.3) is 5.91 Å². The molecule has 6 nitrogen and oxygen atoms in total. The molecule has 2 aliphatic carbocycles. The van der Waals surface area contributed by atoms with Gasteiger partial charge in [-0.05, 0) is 36.6 Å². The van der Waals surface area contributed by atoms with Crippen LogP contribution in [-0.2, 0) is 0 Å². The molecule has 2 aliphatic heterocycles. The Morgan fingerprint density at radius 1 is 1.30 bits per heavy atom. The SMILES string of the molecule is COc1cccc(C(=O)NC2=CCC(C3=NC45CC4C=CN=C5S3)=CC=C2)c1OC. The molecule has 0 aromatic heterocycles. The topological polar surface area (TPSA) is 72.3 Å². The average molecular weight is 420 g/mol. The number of nitrogens with one attached hydrogen (secondary N) is 1. The molecule has 0 bridgehead atoms. The summed E-state index contributed by atoms with van der Waals surface area (Å²) in [6.07, 6.45) is 13.7. The van der Waals surface area contributed by atoms with Gasteiger partial charge >= 0.3 is 0 Å². The first-order chi connectivity index (χ1) is 14.6. The van der Waals surface area contributed by atoms with E-state index in [-0.39, 0.29) is 11.4 Å². The molecule has 4 aliphatic rings. The number of para-hydroxylation sites is 1. The summed E-state index contributed by atoms with van der Waals surface area (Å²) in [6, 6.07) is 5.25. The highest BCUT2D eigenvalue weighted by atomic mass is 32.2. The second-order valence-electron chi connectivity index (χ2n) is 7.44. The van der Waals surface area contributed by atoms with Crippen LogP contribution in [0.1, 0.15) is 23.2 Å². The molecular weight excluding hydrogens is 398 g/mol. The molecule has 2 atom stereocenters.